The first kappa shape index (κ1) is 3.69. The Balaban J connectivity index is 2.30. The zero-order chi connectivity index (χ0) is 3.41. The van der Waals surface area contributed by atoms with E-state index in [1.54, 1.807) is 0 Å². The molecule has 0 saturated carbocycles. The standard InChI is InChI=1S/CH3BNO/c3-2-1-4/h1H,3H2. The van der Waals surface area contributed by atoms with Crippen LogP contribution in [0.25, 0.3) is 0 Å². The van der Waals surface area contributed by atoms with Crippen molar-refractivity contribution in [2.45, 2.75) is 0 Å². The fraction of sp³-hybridized carbons (Fsp3) is 0. The van der Waals surface area contributed by atoms with Crippen LogP contribution >= 0.6 is 0 Å². The van der Waals surface area contributed by atoms with Crippen LogP contribution in [-0.2, 0) is 4.79 Å². The Bertz CT molecular complexity index is 22.0. The first-order valence-corrected chi connectivity index (χ1v) is 0.902. The monoisotopic (exact) mass is 56.0 g/mol. The van der Waals surface area contributed by atoms with E-state index in [0.717, 1.165) is 7.41 Å². The van der Waals surface area contributed by atoms with E-state index < -0.39 is 0 Å². The van der Waals surface area contributed by atoms with Crippen LogP contribution in [-0.4, -0.2) is 13.6 Å². The van der Waals surface area contributed by atoms with E-state index in [2.05, 4.69) is 5.64 Å². The Kier molecular flexibility index (Phi) is 2.49. The molecule has 0 aliphatic heterocycles. The lowest BCUT2D eigenvalue weighted by molar-refractivity contribution is 0.568. The summed E-state index contributed by atoms with van der Waals surface area (Å²) in [4.78, 5) is 8.99. The molecule has 0 atom stereocenters. The molecule has 0 unspecified atom stereocenters. The van der Waals surface area contributed by atoms with E-state index in [-0.39, 0.29) is 0 Å². The molecule has 21 valence electrons. The van der Waals surface area contributed by atoms with Crippen molar-refractivity contribution in [3.8, 4) is 0 Å². The summed E-state index contributed by atoms with van der Waals surface area (Å²) in [6.07, 6.45) is 0.528. The summed E-state index contributed by atoms with van der Waals surface area (Å²) in [5.74, 6) is 0. The van der Waals surface area contributed by atoms with Gasteiger partial charge in [0, 0.05) is 0 Å². The molecule has 0 aliphatic carbocycles. The zero-order valence-corrected chi connectivity index (χ0v) is 2.14. The molecule has 3 heteroatoms. The maximum atomic E-state index is 8.99. The van der Waals surface area contributed by atoms with Crippen LogP contribution in [0, 0.1) is 0 Å². The van der Waals surface area contributed by atoms with Crippen LogP contribution in [0.2, 0.25) is 0 Å². The highest BCUT2D eigenvalue weighted by Crippen LogP contribution is 1.11. The molecule has 0 fully saturated rings. The predicted octanol–water partition coefficient (Wildman–Crippen LogP) is -1.25. The third kappa shape index (κ3) is 1.69. The highest BCUT2D eigenvalue weighted by molar-refractivity contribution is 6.63. The van der Waals surface area contributed by atoms with E-state index >= 15 is 0 Å². The quantitative estimate of drug-likeness (QED) is 0.301. The van der Waals surface area contributed by atoms with Crippen LogP contribution in [0.1, 0.15) is 0 Å². The van der Waals surface area contributed by atoms with Gasteiger partial charge in [-0.3, -0.25) is 0 Å². The maximum Gasteiger partial charge on any atom is 0.287 e. The van der Waals surface area contributed by atoms with E-state index in [1.807, 2.05) is 0 Å². The maximum absolute atomic E-state index is 8.99. The van der Waals surface area contributed by atoms with Gasteiger partial charge in [0.15, 0.2) is 0 Å². The molecule has 0 spiro atoms. The van der Waals surface area contributed by atoms with Gasteiger partial charge in [-0.15, -0.1) is 0 Å². The van der Waals surface area contributed by atoms with E-state index in [9.17, 15) is 0 Å². The molecule has 0 aliphatic rings. The number of hydrogen-bond donors (Lipinski definition) is 1. The minimum atomic E-state index is 0.528. The van der Waals surface area contributed by atoms with Crippen LogP contribution in [0.5, 0.6) is 0 Å². The van der Waals surface area contributed by atoms with Crippen molar-refractivity contribution >= 4 is 13.6 Å². The SMILES string of the molecule is N[B]C=O. The summed E-state index contributed by atoms with van der Waals surface area (Å²) < 4.78 is 0. The topological polar surface area (TPSA) is 43.1 Å². The molecule has 1 radical (unpaired) electrons. The van der Waals surface area contributed by atoms with Crippen molar-refractivity contribution in [2.24, 2.45) is 5.64 Å². The lowest BCUT2D eigenvalue weighted by Gasteiger charge is -1.48. The van der Waals surface area contributed by atoms with Gasteiger partial charge in [0.05, 0.1) is 6.19 Å². The third-order valence-corrected chi connectivity index (χ3v) is 0.0786. The molecule has 0 saturated heterocycles. The smallest absolute Gasteiger partial charge is 0.287 e. The molecule has 2 nitrogen and oxygen atoms in total. The molecular formula is CH3BNO. The number of carbonyl (C=O) groups is 1. The second-order valence-corrected chi connectivity index (χ2v) is 0.329. The molecule has 0 aromatic heterocycles. The summed E-state index contributed by atoms with van der Waals surface area (Å²) in [5, 5.41) is 0. The number of nitrogens with two attached hydrogens (primary N) is 1. The summed E-state index contributed by atoms with van der Waals surface area (Å²) in [5.41, 5.74) is 4.53. The van der Waals surface area contributed by atoms with Gasteiger partial charge in [-0.25, -0.2) is 0 Å². The van der Waals surface area contributed by atoms with Crippen LogP contribution in [0.4, 0.5) is 0 Å². The van der Waals surface area contributed by atoms with Crippen molar-refractivity contribution < 1.29 is 4.79 Å². The van der Waals surface area contributed by atoms with Crippen molar-refractivity contribution in [3.63, 3.8) is 0 Å². The highest BCUT2D eigenvalue weighted by atomic mass is 16.1. The van der Waals surface area contributed by atoms with Gasteiger partial charge in [-0.2, -0.15) is 0 Å². The molecule has 0 bridgehead atoms. The number of rotatable bonds is 1. The van der Waals surface area contributed by atoms with Gasteiger partial charge in [0.25, 0.3) is 7.41 Å². The molecule has 0 heterocycles. The van der Waals surface area contributed by atoms with Gasteiger partial charge < -0.3 is 10.4 Å². The Morgan fingerprint density at radius 2 is 2.25 bits per heavy atom. The molecule has 4 heavy (non-hydrogen) atoms. The van der Waals surface area contributed by atoms with E-state index in [4.69, 9.17) is 4.79 Å². The first-order valence-electron chi connectivity index (χ1n) is 0.902. The average molecular weight is 55.9 g/mol. The highest BCUT2D eigenvalue weighted by Gasteiger charge is 1.60. The van der Waals surface area contributed by atoms with E-state index in [1.165, 1.54) is 0 Å². The zero-order valence-electron chi connectivity index (χ0n) is 2.14. The Labute approximate surface area is 25.3 Å². The van der Waals surface area contributed by atoms with Crippen LogP contribution < -0.4 is 5.64 Å². The Morgan fingerprint density at radius 1 is 2.00 bits per heavy atom. The lowest BCUT2D eigenvalue weighted by Crippen LogP contribution is -2.03. The summed E-state index contributed by atoms with van der Waals surface area (Å²) in [6, 6.07) is 0. The summed E-state index contributed by atoms with van der Waals surface area (Å²) in [6.45, 7) is 0. The van der Waals surface area contributed by atoms with Crippen molar-refractivity contribution in [1.82, 2.24) is 0 Å². The largest absolute Gasteiger partial charge is 0.368 e. The van der Waals surface area contributed by atoms with Crippen LogP contribution in [0.3, 0.4) is 0 Å². The molecule has 0 amide bonds. The normalized spacial score (nSPS) is 5.25. The lowest BCUT2D eigenvalue weighted by atomic mass is 10.0. The van der Waals surface area contributed by atoms with Crippen molar-refractivity contribution in [2.75, 3.05) is 0 Å². The molecule has 2 N–H and O–H groups in total. The molecule has 0 rings (SSSR count). The number of carbonyl (C=O) groups excluding carboxylic acids is 1. The van der Waals surface area contributed by atoms with Crippen molar-refractivity contribution in [1.29, 1.82) is 0 Å². The minimum absolute atomic E-state index is 0.528. The van der Waals surface area contributed by atoms with Gasteiger partial charge in [0.1, 0.15) is 0 Å². The average Bonchev–Trinajstić information content (AvgIpc) is 1.37. The van der Waals surface area contributed by atoms with Gasteiger partial charge >= 0.3 is 0 Å². The Hall–Kier alpha value is -0.305. The fourth-order valence-corrected chi connectivity index (χ4v) is 0. The van der Waals surface area contributed by atoms with Gasteiger partial charge in [-0.05, 0) is 0 Å². The Morgan fingerprint density at radius 3 is 2.25 bits per heavy atom. The van der Waals surface area contributed by atoms with Gasteiger partial charge in [0.2, 0.25) is 0 Å². The van der Waals surface area contributed by atoms with Gasteiger partial charge in [-0.1, -0.05) is 0 Å². The van der Waals surface area contributed by atoms with E-state index in [0.29, 0.717) is 6.19 Å². The van der Waals surface area contributed by atoms with Crippen LogP contribution in [0.15, 0.2) is 0 Å². The summed E-state index contributed by atoms with van der Waals surface area (Å²) in [7, 11) is 0.944. The molecular weight excluding hydrogens is 52.8 g/mol. The predicted molar refractivity (Wildman–Crippen MR) is 16.7 cm³/mol. The molecule has 0 aromatic carbocycles. The minimum Gasteiger partial charge on any atom is -0.368 e. The third-order valence-electron chi connectivity index (χ3n) is 0.0786. The fourth-order valence-electron chi connectivity index (χ4n) is 0. The summed E-state index contributed by atoms with van der Waals surface area (Å²) >= 11 is 0. The number of hydrogen-bond acceptors (Lipinski definition) is 2. The second kappa shape index (κ2) is 2.69. The second-order valence-electron chi connectivity index (χ2n) is 0.329. The molecule has 0 aromatic rings. The van der Waals surface area contributed by atoms with Crippen molar-refractivity contribution in [3.05, 3.63) is 0 Å². The first-order chi connectivity index (χ1) is 1.91.